The summed E-state index contributed by atoms with van der Waals surface area (Å²) in [5.74, 6) is 0.746. The molecule has 0 amide bonds. The van der Waals surface area contributed by atoms with Crippen LogP contribution in [0.1, 0.15) is 12.5 Å². The van der Waals surface area contributed by atoms with Crippen LogP contribution in [0.3, 0.4) is 0 Å². The van der Waals surface area contributed by atoms with Crippen LogP contribution in [0.4, 0.5) is 5.69 Å². The minimum absolute atomic E-state index is 0.287. The zero-order chi connectivity index (χ0) is 18.2. The van der Waals surface area contributed by atoms with Crippen molar-refractivity contribution in [3.63, 3.8) is 0 Å². The second kappa shape index (κ2) is 9.13. The van der Waals surface area contributed by atoms with E-state index in [9.17, 15) is 4.79 Å². The van der Waals surface area contributed by atoms with Crippen LogP contribution in [0.5, 0.6) is 11.5 Å². The number of hydrogen-bond acceptors (Lipinski definition) is 5. The van der Waals surface area contributed by atoms with E-state index < -0.39 is 5.97 Å². The second-order valence-corrected chi connectivity index (χ2v) is 5.80. The summed E-state index contributed by atoms with van der Waals surface area (Å²) in [6.45, 7) is 2.05. The molecule has 2 aromatic carbocycles. The normalized spacial score (nSPS) is 11.0. The molecule has 2 rings (SSSR count). The van der Waals surface area contributed by atoms with Crippen molar-refractivity contribution in [2.75, 3.05) is 26.1 Å². The molecule has 1 N–H and O–H groups in total. The molecule has 0 aliphatic carbocycles. The SMILES string of the molecule is CCOC(=O)/C(=C\c1ccccc1)Nc1cc(OC)cc(OC)c1Br. The third-order valence-electron chi connectivity index (χ3n) is 3.34. The van der Waals surface area contributed by atoms with Gasteiger partial charge in [0.25, 0.3) is 0 Å². The molecule has 0 heterocycles. The lowest BCUT2D eigenvalue weighted by Gasteiger charge is -2.15. The maximum atomic E-state index is 12.3. The van der Waals surface area contributed by atoms with E-state index >= 15 is 0 Å². The average Bonchev–Trinajstić information content (AvgIpc) is 2.63. The monoisotopic (exact) mass is 405 g/mol. The summed E-state index contributed by atoms with van der Waals surface area (Å²) in [5, 5.41) is 3.11. The Balaban J connectivity index is 2.43. The highest BCUT2D eigenvalue weighted by molar-refractivity contribution is 9.10. The van der Waals surface area contributed by atoms with Gasteiger partial charge in [-0.25, -0.2) is 4.79 Å². The highest BCUT2D eigenvalue weighted by Crippen LogP contribution is 2.37. The van der Waals surface area contributed by atoms with E-state index in [2.05, 4.69) is 21.2 Å². The van der Waals surface area contributed by atoms with Crippen LogP contribution >= 0.6 is 15.9 Å². The first kappa shape index (κ1) is 18.9. The zero-order valence-corrected chi connectivity index (χ0v) is 15.9. The molecule has 0 radical (unpaired) electrons. The highest BCUT2D eigenvalue weighted by atomic mass is 79.9. The molecule has 0 fully saturated rings. The van der Waals surface area contributed by atoms with Crippen molar-refractivity contribution in [1.82, 2.24) is 0 Å². The number of halogens is 1. The van der Waals surface area contributed by atoms with E-state index in [4.69, 9.17) is 14.2 Å². The summed E-state index contributed by atoms with van der Waals surface area (Å²) < 4.78 is 16.5. The van der Waals surface area contributed by atoms with Crippen LogP contribution in [-0.2, 0) is 9.53 Å². The smallest absolute Gasteiger partial charge is 0.354 e. The first-order chi connectivity index (χ1) is 12.1. The van der Waals surface area contributed by atoms with E-state index in [1.54, 1.807) is 39.4 Å². The first-order valence-corrected chi connectivity index (χ1v) is 8.50. The third-order valence-corrected chi connectivity index (χ3v) is 4.16. The Labute approximate surface area is 155 Å². The fraction of sp³-hybridized carbons (Fsp3) is 0.211. The zero-order valence-electron chi connectivity index (χ0n) is 14.3. The molecule has 5 nitrogen and oxygen atoms in total. The van der Waals surface area contributed by atoms with Crippen molar-refractivity contribution in [2.24, 2.45) is 0 Å². The van der Waals surface area contributed by atoms with Crippen LogP contribution < -0.4 is 14.8 Å². The van der Waals surface area contributed by atoms with Crippen molar-refractivity contribution in [3.8, 4) is 11.5 Å². The molecule has 0 saturated heterocycles. The summed E-state index contributed by atoms with van der Waals surface area (Å²) in [7, 11) is 3.13. The molecular weight excluding hydrogens is 386 g/mol. The van der Waals surface area contributed by atoms with Crippen molar-refractivity contribution >= 4 is 33.7 Å². The summed E-state index contributed by atoms with van der Waals surface area (Å²) in [6.07, 6.45) is 1.73. The van der Waals surface area contributed by atoms with Crippen LogP contribution in [0.25, 0.3) is 6.08 Å². The van der Waals surface area contributed by atoms with Crippen molar-refractivity contribution in [2.45, 2.75) is 6.92 Å². The molecule has 0 atom stereocenters. The van der Waals surface area contributed by atoms with E-state index in [0.29, 0.717) is 27.4 Å². The number of nitrogens with one attached hydrogen (secondary N) is 1. The summed E-state index contributed by atoms with van der Waals surface area (Å²) in [5.41, 5.74) is 1.82. The van der Waals surface area contributed by atoms with Gasteiger partial charge in [-0.3, -0.25) is 0 Å². The number of hydrogen-bond donors (Lipinski definition) is 1. The highest BCUT2D eigenvalue weighted by Gasteiger charge is 2.16. The van der Waals surface area contributed by atoms with Crippen molar-refractivity contribution in [1.29, 1.82) is 0 Å². The minimum Gasteiger partial charge on any atom is -0.497 e. The quantitative estimate of drug-likeness (QED) is 0.543. The van der Waals surface area contributed by atoms with E-state index in [1.165, 1.54) is 0 Å². The van der Waals surface area contributed by atoms with Gasteiger partial charge in [-0.1, -0.05) is 30.3 Å². The van der Waals surface area contributed by atoms with Gasteiger partial charge < -0.3 is 19.5 Å². The summed E-state index contributed by atoms with van der Waals surface area (Å²) in [6, 6.07) is 13.0. The number of carbonyl (C=O) groups excluding carboxylic acids is 1. The molecule has 6 heteroatoms. The molecule has 0 aromatic heterocycles. The summed E-state index contributed by atoms with van der Waals surface area (Å²) in [4.78, 5) is 12.3. The van der Waals surface area contributed by atoms with Crippen LogP contribution in [0.2, 0.25) is 0 Å². The standard InChI is InChI=1S/C19H20BrNO4/c1-4-25-19(22)16(10-13-8-6-5-7-9-13)21-15-11-14(23-2)12-17(24-3)18(15)20/h5-12,21H,4H2,1-3H3/b16-10+. The predicted molar refractivity (Wildman–Crippen MR) is 102 cm³/mol. The topological polar surface area (TPSA) is 56.8 Å². The van der Waals surface area contributed by atoms with Gasteiger partial charge in [0.05, 0.1) is 31.0 Å². The maximum Gasteiger partial charge on any atom is 0.354 e. The molecule has 0 aliphatic heterocycles. The van der Waals surface area contributed by atoms with Gasteiger partial charge in [0.15, 0.2) is 0 Å². The Morgan fingerprint density at radius 3 is 2.48 bits per heavy atom. The van der Waals surface area contributed by atoms with Crippen molar-refractivity contribution < 1.29 is 19.0 Å². The number of rotatable bonds is 7. The number of anilines is 1. The molecule has 0 saturated carbocycles. The Hall–Kier alpha value is -2.47. The summed E-state index contributed by atoms with van der Waals surface area (Å²) >= 11 is 3.48. The first-order valence-electron chi connectivity index (χ1n) is 7.71. The van der Waals surface area contributed by atoms with Gasteiger partial charge in [0.1, 0.15) is 17.2 Å². The largest absolute Gasteiger partial charge is 0.497 e. The van der Waals surface area contributed by atoms with Crippen LogP contribution in [0, 0.1) is 0 Å². The molecule has 0 unspecified atom stereocenters. The Bertz CT molecular complexity index is 760. The Morgan fingerprint density at radius 1 is 1.16 bits per heavy atom. The molecule has 2 aromatic rings. The van der Waals surface area contributed by atoms with Gasteiger partial charge in [-0.2, -0.15) is 0 Å². The van der Waals surface area contributed by atoms with E-state index in [0.717, 1.165) is 5.56 Å². The van der Waals surface area contributed by atoms with Gasteiger partial charge in [0, 0.05) is 12.1 Å². The predicted octanol–water partition coefficient (Wildman–Crippen LogP) is 4.48. The van der Waals surface area contributed by atoms with E-state index in [1.807, 2.05) is 30.3 Å². The number of benzene rings is 2. The Kier molecular flexibility index (Phi) is 6.89. The van der Waals surface area contributed by atoms with Gasteiger partial charge in [-0.15, -0.1) is 0 Å². The van der Waals surface area contributed by atoms with Gasteiger partial charge in [0.2, 0.25) is 0 Å². The van der Waals surface area contributed by atoms with Gasteiger partial charge >= 0.3 is 5.97 Å². The average molecular weight is 406 g/mol. The van der Waals surface area contributed by atoms with Crippen LogP contribution in [-0.4, -0.2) is 26.8 Å². The lowest BCUT2D eigenvalue weighted by atomic mass is 10.2. The number of methoxy groups -OCH3 is 2. The fourth-order valence-electron chi connectivity index (χ4n) is 2.15. The maximum absolute atomic E-state index is 12.3. The van der Waals surface area contributed by atoms with E-state index in [-0.39, 0.29) is 6.61 Å². The minimum atomic E-state index is -0.444. The third kappa shape index (κ3) is 5.00. The molecule has 132 valence electrons. The van der Waals surface area contributed by atoms with Gasteiger partial charge in [-0.05, 0) is 34.5 Å². The number of ether oxygens (including phenoxy) is 3. The lowest BCUT2D eigenvalue weighted by molar-refractivity contribution is -0.138. The number of carbonyl (C=O) groups is 1. The van der Waals surface area contributed by atoms with Crippen LogP contribution in [0.15, 0.2) is 52.6 Å². The molecule has 0 aliphatic rings. The molecule has 0 bridgehead atoms. The number of esters is 1. The Morgan fingerprint density at radius 2 is 1.88 bits per heavy atom. The molecule has 0 spiro atoms. The van der Waals surface area contributed by atoms with Crippen molar-refractivity contribution in [3.05, 3.63) is 58.2 Å². The molecular formula is C19H20BrNO4. The second-order valence-electron chi connectivity index (χ2n) is 5.01. The fourth-order valence-corrected chi connectivity index (χ4v) is 2.64. The molecule has 25 heavy (non-hydrogen) atoms. The lowest BCUT2D eigenvalue weighted by Crippen LogP contribution is -2.15.